The Bertz CT molecular complexity index is 645. The molecule has 3 rings (SSSR count). The molecule has 4 atom stereocenters. The molecule has 5 nitrogen and oxygen atoms in total. The highest BCUT2D eigenvalue weighted by atomic mass is 35.5. The number of hydrogen-bond donors (Lipinski definition) is 3. The van der Waals surface area contributed by atoms with Gasteiger partial charge in [-0.2, -0.15) is 0 Å². The summed E-state index contributed by atoms with van der Waals surface area (Å²) in [7, 11) is 0. The summed E-state index contributed by atoms with van der Waals surface area (Å²) >= 11 is 11.8. The number of halogens is 2. The minimum atomic E-state index is -1.00. The normalized spacial score (nSPS) is 29.7. The van der Waals surface area contributed by atoms with E-state index in [1.54, 1.807) is 18.2 Å². The topological polar surface area (TPSA) is 86.6 Å². The number of hydrogen-bond acceptors (Lipinski definition) is 3. The van der Waals surface area contributed by atoms with Gasteiger partial charge in [0.2, 0.25) is 5.91 Å². The number of aliphatic carboxylic acids is 1. The minimum Gasteiger partial charge on any atom is -0.481 e. The first-order valence-electron chi connectivity index (χ1n) is 7.47. The van der Waals surface area contributed by atoms with Gasteiger partial charge < -0.3 is 15.5 Å². The number of aliphatic hydroxyl groups excluding tert-OH is 1. The largest absolute Gasteiger partial charge is 0.481 e. The van der Waals surface area contributed by atoms with Crippen LogP contribution < -0.4 is 5.32 Å². The molecule has 0 aromatic heterocycles. The summed E-state index contributed by atoms with van der Waals surface area (Å²) in [6, 6.07) is 4.55. The van der Waals surface area contributed by atoms with Gasteiger partial charge >= 0.3 is 5.97 Å². The van der Waals surface area contributed by atoms with Gasteiger partial charge in [-0.1, -0.05) is 23.2 Å². The average Bonchev–Trinajstić information content (AvgIpc) is 3.01. The summed E-state index contributed by atoms with van der Waals surface area (Å²) in [5, 5.41) is 23.0. The van der Waals surface area contributed by atoms with E-state index in [2.05, 4.69) is 5.32 Å². The van der Waals surface area contributed by atoms with Crippen LogP contribution in [0.2, 0.25) is 10.0 Å². The molecule has 0 radical (unpaired) electrons. The highest BCUT2D eigenvalue weighted by Crippen LogP contribution is 2.63. The van der Waals surface area contributed by atoms with E-state index in [-0.39, 0.29) is 24.3 Å². The second kappa shape index (κ2) is 5.96. The van der Waals surface area contributed by atoms with Gasteiger partial charge in [0, 0.05) is 16.1 Å². The molecule has 0 aliphatic heterocycles. The maximum absolute atomic E-state index is 12.1. The van der Waals surface area contributed by atoms with Crippen LogP contribution >= 0.6 is 23.2 Å². The second-order valence-corrected chi connectivity index (χ2v) is 7.36. The van der Waals surface area contributed by atoms with Crippen molar-refractivity contribution in [2.45, 2.75) is 37.8 Å². The SMILES string of the molecule is O=C(CC(O)c1cc(Cl)cc(Cl)c1)N[C@@H]1C[C@H]2C[C@@]2(C(=O)O)C1. The Balaban J connectivity index is 1.55. The first kappa shape index (κ1) is 16.6. The molecule has 2 fully saturated rings. The molecule has 7 heteroatoms. The molecular formula is C16H17Cl2NO4. The van der Waals surface area contributed by atoms with Crippen molar-refractivity contribution in [1.82, 2.24) is 5.32 Å². The number of carboxylic acid groups (broad SMARTS) is 1. The maximum Gasteiger partial charge on any atom is 0.310 e. The molecule has 1 aromatic rings. The summed E-state index contributed by atoms with van der Waals surface area (Å²) in [4.78, 5) is 23.3. The van der Waals surface area contributed by atoms with E-state index in [9.17, 15) is 19.8 Å². The van der Waals surface area contributed by atoms with Crippen molar-refractivity contribution in [1.29, 1.82) is 0 Å². The monoisotopic (exact) mass is 357 g/mol. The molecule has 1 unspecified atom stereocenters. The van der Waals surface area contributed by atoms with E-state index in [0.29, 0.717) is 34.9 Å². The number of nitrogens with one attached hydrogen (secondary N) is 1. The first-order valence-corrected chi connectivity index (χ1v) is 8.22. The molecule has 2 aliphatic rings. The summed E-state index contributed by atoms with van der Waals surface area (Å²) < 4.78 is 0. The lowest BCUT2D eigenvalue weighted by Gasteiger charge is -2.18. The Labute approximate surface area is 143 Å². The number of aliphatic hydroxyl groups is 1. The predicted molar refractivity (Wildman–Crippen MR) is 85.4 cm³/mol. The van der Waals surface area contributed by atoms with Crippen LogP contribution in [0, 0.1) is 11.3 Å². The van der Waals surface area contributed by atoms with Crippen LogP contribution in [0.15, 0.2) is 18.2 Å². The van der Waals surface area contributed by atoms with E-state index >= 15 is 0 Å². The Morgan fingerprint density at radius 3 is 2.48 bits per heavy atom. The summed E-state index contributed by atoms with van der Waals surface area (Å²) in [6.07, 6.45) is 0.751. The molecule has 1 aromatic carbocycles. The fourth-order valence-corrected chi connectivity index (χ4v) is 4.16. The van der Waals surface area contributed by atoms with Gasteiger partial charge in [-0.25, -0.2) is 0 Å². The van der Waals surface area contributed by atoms with Gasteiger partial charge in [0.25, 0.3) is 0 Å². The molecule has 0 heterocycles. The third-order valence-electron chi connectivity index (χ3n) is 4.85. The molecule has 2 saturated carbocycles. The van der Waals surface area contributed by atoms with Gasteiger partial charge in [-0.05, 0) is 48.9 Å². The van der Waals surface area contributed by atoms with Crippen molar-refractivity contribution in [3.05, 3.63) is 33.8 Å². The van der Waals surface area contributed by atoms with E-state index in [1.165, 1.54) is 0 Å². The lowest BCUT2D eigenvalue weighted by Crippen LogP contribution is -2.35. The lowest BCUT2D eigenvalue weighted by molar-refractivity contribution is -0.143. The Morgan fingerprint density at radius 2 is 1.91 bits per heavy atom. The summed E-state index contributed by atoms with van der Waals surface area (Å²) in [5.41, 5.74) is -0.147. The zero-order valence-electron chi connectivity index (χ0n) is 12.3. The van der Waals surface area contributed by atoms with Crippen molar-refractivity contribution in [2.24, 2.45) is 11.3 Å². The molecule has 1 amide bonds. The van der Waals surface area contributed by atoms with Crippen LogP contribution in [0.1, 0.15) is 37.4 Å². The highest BCUT2D eigenvalue weighted by Gasteiger charge is 2.65. The van der Waals surface area contributed by atoms with Crippen LogP contribution in [0.3, 0.4) is 0 Å². The average molecular weight is 358 g/mol. The molecule has 0 saturated heterocycles. The van der Waals surface area contributed by atoms with E-state index in [1.807, 2.05) is 0 Å². The van der Waals surface area contributed by atoms with Gasteiger partial charge in [-0.3, -0.25) is 9.59 Å². The fourth-order valence-electron chi connectivity index (χ4n) is 3.61. The van der Waals surface area contributed by atoms with Crippen LogP contribution in [-0.2, 0) is 9.59 Å². The zero-order chi connectivity index (χ0) is 16.8. The summed E-state index contributed by atoms with van der Waals surface area (Å²) in [6.45, 7) is 0. The van der Waals surface area contributed by atoms with E-state index in [4.69, 9.17) is 23.2 Å². The number of rotatable bonds is 5. The lowest BCUT2D eigenvalue weighted by atomic mass is 10.0. The zero-order valence-corrected chi connectivity index (χ0v) is 13.8. The number of carboxylic acids is 1. The molecule has 0 spiro atoms. The second-order valence-electron chi connectivity index (χ2n) is 6.49. The van der Waals surface area contributed by atoms with Gasteiger partial charge in [0.15, 0.2) is 0 Å². The Morgan fingerprint density at radius 1 is 1.26 bits per heavy atom. The minimum absolute atomic E-state index is 0.113. The van der Waals surface area contributed by atoms with Crippen LogP contribution in [0.25, 0.3) is 0 Å². The molecule has 124 valence electrons. The number of benzene rings is 1. The van der Waals surface area contributed by atoms with Crippen LogP contribution in [0.5, 0.6) is 0 Å². The van der Waals surface area contributed by atoms with Gasteiger partial charge in [0.05, 0.1) is 17.9 Å². The standard InChI is InChI=1S/C16H17Cl2NO4/c17-10-1-8(2-11(18)4-10)13(20)5-14(21)19-12-3-9-6-16(9,7-12)15(22)23/h1-2,4,9,12-13,20H,3,5-7H2,(H,19,21)(H,22,23)/t9-,12+,13?,16+/m0/s1. The van der Waals surface area contributed by atoms with Crippen molar-refractivity contribution >= 4 is 35.1 Å². The smallest absolute Gasteiger partial charge is 0.310 e. The number of carbonyl (C=O) groups excluding carboxylic acids is 1. The van der Waals surface area contributed by atoms with E-state index in [0.717, 1.165) is 0 Å². The molecule has 2 aliphatic carbocycles. The van der Waals surface area contributed by atoms with Crippen molar-refractivity contribution in [3.63, 3.8) is 0 Å². The predicted octanol–water partition coefficient (Wildman–Crippen LogP) is 2.79. The summed E-state index contributed by atoms with van der Waals surface area (Å²) in [5.74, 6) is -0.907. The third-order valence-corrected chi connectivity index (χ3v) is 5.29. The molecule has 23 heavy (non-hydrogen) atoms. The van der Waals surface area contributed by atoms with E-state index < -0.39 is 17.5 Å². The van der Waals surface area contributed by atoms with Crippen molar-refractivity contribution < 1.29 is 19.8 Å². The van der Waals surface area contributed by atoms with Crippen LogP contribution in [-0.4, -0.2) is 28.1 Å². The van der Waals surface area contributed by atoms with Gasteiger partial charge in [-0.15, -0.1) is 0 Å². The fraction of sp³-hybridized carbons (Fsp3) is 0.500. The number of amides is 1. The first-order chi connectivity index (χ1) is 10.8. The highest BCUT2D eigenvalue weighted by molar-refractivity contribution is 6.34. The Hall–Kier alpha value is -1.30. The van der Waals surface area contributed by atoms with Gasteiger partial charge in [0.1, 0.15) is 0 Å². The van der Waals surface area contributed by atoms with Crippen LogP contribution in [0.4, 0.5) is 0 Å². The number of fused-ring (bicyclic) bond motifs is 1. The Kier molecular flexibility index (Phi) is 4.29. The molecule has 0 bridgehead atoms. The number of carbonyl (C=O) groups is 2. The van der Waals surface area contributed by atoms with Crippen molar-refractivity contribution in [3.8, 4) is 0 Å². The third kappa shape index (κ3) is 3.32. The molecular weight excluding hydrogens is 341 g/mol. The molecule has 3 N–H and O–H groups in total. The quantitative estimate of drug-likeness (QED) is 0.756. The van der Waals surface area contributed by atoms with Crippen molar-refractivity contribution in [2.75, 3.05) is 0 Å². The maximum atomic E-state index is 12.1.